The number of methoxy groups -OCH3 is 1. The zero-order chi connectivity index (χ0) is 11.8. The summed E-state index contributed by atoms with van der Waals surface area (Å²) in [5, 5.41) is 4.38. The summed E-state index contributed by atoms with van der Waals surface area (Å²) >= 11 is 6.04. The molecule has 3 rings (SSSR count). The van der Waals surface area contributed by atoms with Crippen molar-refractivity contribution in [1.29, 1.82) is 0 Å². The molecule has 2 nitrogen and oxygen atoms in total. The van der Waals surface area contributed by atoms with E-state index in [1.165, 1.54) is 25.7 Å². The van der Waals surface area contributed by atoms with Crippen molar-refractivity contribution in [3.05, 3.63) is 23.2 Å². The Morgan fingerprint density at radius 1 is 1.35 bits per heavy atom. The van der Waals surface area contributed by atoms with Gasteiger partial charge in [0, 0.05) is 11.1 Å². The van der Waals surface area contributed by atoms with Gasteiger partial charge in [-0.3, -0.25) is 0 Å². The Bertz CT molecular complexity index is 421. The van der Waals surface area contributed by atoms with Gasteiger partial charge < -0.3 is 10.1 Å². The van der Waals surface area contributed by atoms with E-state index in [-0.39, 0.29) is 0 Å². The fourth-order valence-electron chi connectivity index (χ4n) is 3.08. The first kappa shape index (κ1) is 11.2. The SMILES string of the molecule is COc1ccc(Cl)cc1NC1CCC[C@H]2C[C@@H]12. The lowest BCUT2D eigenvalue weighted by Gasteiger charge is -2.24. The van der Waals surface area contributed by atoms with Crippen LogP contribution in [0.1, 0.15) is 25.7 Å². The second-order valence-electron chi connectivity index (χ2n) is 5.19. The van der Waals surface area contributed by atoms with Crippen LogP contribution in [-0.4, -0.2) is 13.2 Å². The van der Waals surface area contributed by atoms with Gasteiger partial charge in [0.2, 0.25) is 0 Å². The summed E-state index contributed by atoms with van der Waals surface area (Å²) in [5.74, 6) is 2.75. The van der Waals surface area contributed by atoms with E-state index in [9.17, 15) is 0 Å². The standard InChI is InChI=1S/C14H18ClNO/c1-17-14-6-5-10(15)8-13(14)16-12-4-2-3-9-7-11(9)12/h5-6,8-9,11-12,16H,2-4,7H2,1H3/t9-,11+,12?/m0/s1. The van der Waals surface area contributed by atoms with E-state index in [1.807, 2.05) is 18.2 Å². The van der Waals surface area contributed by atoms with Gasteiger partial charge in [0.1, 0.15) is 5.75 Å². The zero-order valence-electron chi connectivity index (χ0n) is 10.1. The van der Waals surface area contributed by atoms with Crippen molar-refractivity contribution in [2.24, 2.45) is 11.8 Å². The number of hydrogen-bond acceptors (Lipinski definition) is 2. The number of rotatable bonds is 3. The summed E-state index contributed by atoms with van der Waals surface area (Å²) in [5.41, 5.74) is 1.04. The smallest absolute Gasteiger partial charge is 0.142 e. The number of anilines is 1. The van der Waals surface area contributed by atoms with Crippen molar-refractivity contribution in [2.45, 2.75) is 31.7 Å². The van der Waals surface area contributed by atoms with Crippen molar-refractivity contribution in [1.82, 2.24) is 0 Å². The van der Waals surface area contributed by atoms with Gasteiger partial charge in [-0.1, -0.05) is 24.4 Å². The lowest BCUT2D eigenvalue weighted by atomic mass is 9.95. The molecule has 0 spiro atoms. The van der Waals surface area contributed by atoms with Crippen molar-refractivity contribution in [3.8, 4) is 5.75 Å². The van der Waals surface area contributed by atoms with Crippen molar-refractivity contribution >= 4 is 17.3 Å². The second-order valence-corrected chi connectivity index (χ2v) is 5.62. The molecule has 2 aliphatic carbocycles. The lowest BCUT2D eigenvalue weighted by molar-refractivity contribution is 0.410. The average Bonchev–Trinajstić information content (AvgIpc) is 3.09. The topological polar surface area (TPSA) is 21.3 Å². The Morgan fingerprint density at radius 2 is 2.24 bits per heavy atom. The van der Waals surface area contributed by atoms with Crippen LogP contribution in [0.3, 0.4) is 0 Å². The molecular formula is C14H18ClNO. The fourth-order valence-corrected chi connectivity index (χ4v) is 3.25. The van der Waals surface area contributed by atoms with Crippen LogP contribution < -0.4 is 10.1 Å². The normalized spacial score (nSPS) is 30.6. The lowest BCUT2D eigenvalue weighted by Crippen LogP contribution is -2.25. The summed E-state index contributed by atoms with van der Waals surface area (Å²) in [6.45, 7) is 0. The first-order valence-electron chi connectivity index (χ1n) is 6.38. The molecule has 1 aromatic carbocycles. The highest BCUT2D eigenvalue weighted by atomic mass is 35.5. The second kappa shape index (κ2) is 4.41. The number of ether oxygens (including phenoxy) is 1. The summed E-state index contributed by atoms with van der Waals surface area (Å²) < 4.78 is 5.37. The Labute approximate surface area is 107 Å². The summed E-state index contributed by atoms with van der Waals surface area (Å²) in [4.78, 5) is 0. The number of benzene rings is 1. The van der Waals surface area contributed by atoms with Crippen LogP contribution in [0.4, 0.5) is 5.69 Å². The van der Waals surface area contributed by atoms with Gasteiger partial charge in [0.15, 0.2) is 0 Å². The van der Waals surface area contributed by atoms with Crippen LogP contribution in [0.5, 0.6) is 5.75 Å². The van der Waals surface area contributed by atoms with Gasteiger partial charge in [-0.15, -0.1) is 0 Å². The predicted octanol–water partition coefficient (Wildman–Crippen LogP) is 3.95. The fraction of sp³-hybridized carbons (Fsp3) is 0.571. The van der Waals surface area contributed by atoms with E-state index in [2.05, 4.69) is 5.32 Å². The number of nitrogens with one attached hydrogen (secondary N) is 1. The predicted molar refractivity (Wildman–Crippen MR) is 70.9 cm³/mol. The maximum absolute atomic E-state index is 6.04. The van der Waals surface area contributed by atoms with Crippen LogP contribution >= 0.6 is 11.6 Å². The molecule has 2 saturated carbocycles. The zero-order valence-corrected chi connectivity index (χ0v) is 10.8. The number of fused-ring (bicyclic) bond motifs is 1. The molecule has 1 aromatic rings. The van der Waals surface area contributed by atoms with Crippen molar-refractivity contribution in [2.75, 3.05) is 12.4 Å². The molecule has 1 N–H and O–H groups in total. The molecule has 92 valence electrons. The van der Waals surface area contributed by atoms with Gasteiger partial charge in [-0.2, -0.15) is 0 Å². The molecule has 17 heavy (non-hydrogen) atoms. The molecule has 0 aromatic heterocycles. The Kier molecular flexibility index (Phi) is 2.91. The van der Waals surface area contributed by atoms with Crippen LogP contribution in [-0.2, 0) is 0 Å². The first-order valence-corrected chi connectivity index (χ1v) is 6.76. The highest BCUT2D eigenvalue weighted by molar-refractivity contribution is 6.30. The van der Waals surface area contributed by atoms with E-state index in [1.54, 1.807) is 7.11 Å². The molecule has 2 aliphatic rings. The maximum Gasteiger partial charge on any atom is 0.142 e. The summed E-state index contributed by atoms with van der Waals surface area (Å²) in [6.07, 6.45) is 5.45. The maximum atomic E-state index is 6.04. The van der Waals surface area contributed by atoms with E-state index in [0.29, 0.717) is 6.04 Å². The molecule has 1 unspecified atom stereocenters. The first-order chi connectivity index (χ1) is 8.28. The minimum atomic E-state index is 0.612. The van der Waals surface area contributed by atoms with Crippen molar-refractivity contribution < 1.29 is 4.74 Å². The van der Waals surface area contributed by atoms with Gasteiger partial charge in [-0.05, 0) is 42.9 Å². The van der Waals surface area contributed by atoms with Crippen LogP contribution in [0.15, 0.2) is 18.2 Å². The minimum Gasteiger partial charge on any atom is -0.495 e. The highest BCUT2D eigenvalue weighted by Gasteiger charge is 2.45. The molecule has 2 fully saturated rings. The van der Waals surface area contributed by atoms with Crippen LogP contribution in [0.2, 0.25) is 5.02 Å². The minimum absolute atomic E-state index is 0.612. The van der Waals surface area contributed by atoms with E-state index in [0.717, 1.165) is 28.3 Å². The molecule has 0 aliphatic heterocycles. The van der Waals surface area contributed by atoms with Crippen LogP contribution in [0, 0.1) is 11.8 Å². The molecule has 0 bridgehead atoms. The third kappa shape index (κ3) is 2.23. The highest BCUT2D eigenvalue weighted by Crippen LogP contribution is 2.50. The molecule has 0 amide bonds. The number of hydrogen-bond donors (Lipinski definition) is 1. The van der Waals surface area contributed by atoms with Crippen LogP contribution in [0.25, 0.3) is 0 Å². The van der Waals surface area contributed by atoms with Gasteiger partial charge in [0.25, 0.3) is 0 Å². The van der Waals surface area contributed by atoms with E-state index >= 15 is 0 Å². The Morgan fingerprint density at radius 3 is 3.06 bits per heavy atom. The monoisotopic (exact) mass is 251 g/mol. The molecule has 3 heteroatoms. The third-order valence-electron chi connectivity index (χ3n) is 4.09. The molecule has 3 atom stereocenters. The van der Waals surface area contributed by atoms with Gasteiger partial charge in [0.05, 0.1) is 12.8 Å². The molecular weight excluding hydrogens is 234 g/mol. The summed E-state index contributed by atoms with van der Waals surface area (Å²) in [7, 11) is 1.70. The third-order valence-corrected chi connectivity index (χ3v) is 4.32. The largest absolute Gasteiger partial charge is 0.495 e. The van der Waals surface area contributed by atoms with E-state index in [4.69, 9.17) is 16.3 Å². The molecule has 0 heterocycles. The molecule has 0 radical (unpaired) electrons. The van der Waals surface area contributed by atoms with Gasteiger partial charge in [-0.25, -0.2) is 0 Å². The van der Waals surface area contributed by atoms with Crippen molar-refractivity contribution in [3.63, 3.8) is 0 Å². The number of halogens is 1. The Hall–Kier alpha value is -0.890. The van der Waals surface area contributed by atoms with Gasteiger partial charge >= 0.3 is 0 Å². The van der Waals surface area contributed by atoms with E-state index < -0.39 is 0 Å². The average molecular weight is 252 g/mol. The summed E-state index contributed by atoms with van der Waals surface area (Å²) in [6, 6.07) is 6.37. The molecule has 0 saturated heterocycles. The quantitative estimate of drug-likeness (QED) is 0.878. The Balaban J connectivity index is 1.77.